The van der Waals surface area contributed by atoms with E-state index in [0.29, 0.717) is 18.7 Å². The van der Waals surface area contributed by atoms with Crippen LogP contribution in [-0.4, -0.2) is 31.5 Å². The third kappa shape index (κ3) is 4.48. The van der Waals surface area contributed by atoms with Gasteiger partial charge in [-0.25, -0.2) is 0 Å². The van der Waals surface area contributed by atoms with E-state index in [-0.39, 0.29) is 18.4 Å². The summed E-state index contributed by atoms with van der Waals surface area (Å²) in [7, 11) is 0. The SMILES string of the molecule is CCN(C(=O)COc1cccc(N2CCCC2=O)c1)c1cc(C)cc(C)c1. The minimum Gasteiger partial charge on any atom is -0.484 e. The molecule has 1 aliphatic rings. The Morgan fingerprint density at radius 1 is 1.15 bits per heavy atom. The topological polar surface area (TPSA) is 49.9 Å². The number of ether oxygens (including phenoxy) is 1. The lowest BCUT2D eigenvalue weighted by atomic mass is 10.1. The second kappa shape index (κ2) is 8.25. The highest BCUT2D eigenvalue weighted by Crippen LogP contribution is 2.25. The first-order valence-electron chi connectivity index (χ1n) is 9.40. The smallest absolute Gasteiger partial charge is 0.264 e. The van der Waals surface area contributed by atoms with Crippen molar-refractivity contribution in [1.29, 1.82) is 0 Å². The van der Waals surface area contributed by atoms with Gasteiger partial charge in [-0.3, -0.25) is 9.59 Å². The van der Waals surface area contributed by atoms with Crippen LogP contribution in [0.2, 0.25) is 0 Å². The van der Waals surface area contributed by atoms with Crippen LogP contribution in [0.3, 0.4) is 0 Å². The van der Waals surface area contributed by atoms with Gasteiger partial charge in [0, 0.05) is 37.0 Å². The lowest BCUT2D eigenvalue weighted by molar-refractivity contribution is -0.120. The summed E-state index contributed by atoms with van der Waals surface area (Å²) < 4.78 is 5.74. The fourth-order valence-corrected chi connectivity index (χ4v) is 3.49. The zero-order chi connectivity index (χ0) is 19.4. The van der Waals surface area contributed by atoms with E-state index < -0.39 is 0 Å². The number of likely N-dealkylation sites (N-methyl/N-ethyl adjacent to an activating group) is 1. The average Bonchev–Trinajstić information content (AvgIpc) is 3.06. The van der Waals surface area contributed by atoms with Gasteiger partial charge in [0.25, 0.3) is 5.91 Å². The summed E-state index contributed by atoms with van der Waals surface area (Å²) in [6, 6.07) is 13.5. The molecule has 2 aromatic rings. The molecule has 0 bridgehead atoms. The van der Waals surface area contributed by atoms with E-state index >= 15 is 0 Å². The molecule has 1 fully saturated rings. The van der Waals surface area contributed by atoms with Gasteiger partial charge < -0.3 is 14.5 Å². The summed E-state index contributed by atoms with van der Waals surface area (Å²) in [5, 5.41) is 0. The zero-order valence-corrected chi connectivity index (χ0v) is 16.2. The van der Waals surface area contributed by atoms with Crippen molar-refractivity contribution in [3.05, 3.63) is 53.6 Å². The Balaban J connectivity index is 1.68. The highest BCUT2D eigenvalue weighted by atomic mass is 16.5. The van der Waals surface area contributed by atoms with Gasteiger partial charge in [-0.15, -0.1) is 0 Å². The molecule has 2 aromatic carbocycles. The maximum absolute atomic E-state index is 12.7. The van der Waals surface area contributed by atoms with Gasteiger partial charge in [-0.05, 0) is 62.6 Å². The maximum atomic E-state index is 12.7. The first kappa shape index (κ1) is 19.0. The van der Waals surface area contributed by atoms with E-state index in [1.165, 1.54) is 0 Å². The highest BCUT2D eigenvalue weighted by molar-refractivity contribution is 5.96. The monoisotopic (exact) mass is 366 g/mol. The summed E-state index contributed by atoms with van der Waals surface area (Å²) >= 11 is 0. The van der Waals surface area contributed by atoms with E-state index in [1.807, 2.05) is 57.2 Å². The number of amides is 2. The van der Waals surface area contributed by atoms with Crippen LogP contribution in [0.4, 0.5) is 11.4 Å². The Kier molecular flexibility index (Phi) is 5.79. The van der Waals surface area contributed by atoms with Gasteiger partial charge in [-0.2, -0.15) is 0 Å². The summed E-state index contributed by atoms with van der Waals surface area (Å²) in [6.45, 7) is 7.27. The molecule has 0 N–H and O–H groups in total. The molecule has 5 nitrogen and oxygen atoms in total. The molecule has 2 amide bonds. The van der Waals surface area contributed by atoms with Crippen LogP contribution >= 0.6 is 0 Å². The summed E-state index contributed by atoms with van der Waals surface area (Å²) in [5.41, 5.74) is 3.96. The third-order valence-corrected chi connectivity index (χ3v) is 4.70. The van der Waals surface area contributed by atoms with Crippen LogP contribution in [-0.2, 0) is 9.59 Å². The van der Waals surface area contributed by atoms with Crippen LogP contribution in [0.5, 0.6) is 5.75 Å². The predicted molar refractivity (Wildman–Crippen MR) is 107 cm³/mol. The van der Waals surface area contributed by atoms with Gasteiger partial charge in [0.1, 0.15) is 5.75 Å². The minimum absolute atomic E-state index is 0.0434. The van der Waals surface area contributed by atoms with Crippen LogP contribution in [0.25, 0.3) is 0 Å². The predicted octanol–water partition coefficient (Wildman–Crippen LogP) is 3.86. The molecule has 1 heterocycles. The Morgan fingerprint density at radius 2 is 1.89 bits per heavy atom. The largest absolute Gasteiger partial charge is 0.484 e. The highest BCUT2D eigenvalue weighted by Gasteiger charge is 2.22. The van der Waals surface area contributed by atoms with Crippen molar-refractivity contribution in [2.45, 2.75) is 33.6 Å². The molecule has 5 heteroatoms. The first-order valence-corrected chi connectivity index (χ1v) is 9.40. The van der Waals surface area contributed by atoms with Gasteiger partial charge in [0.2, 0.25) is 5.91 Å². The zero-order valence-electron chi connectivity index (χ0n) is 16.2. The fourth-order valence-electron chi connectivity index (χ4n) is 3.49. The second-order valence-corrected chi connectivity index (χ2v) is 6.92. The Labute approximate surface area is 160 Å². The van der Waals surface area contributed by atoms with E-state index in [9.17, 15) is 9.59 Å². The van der Waals surface area contributed by atoms with Crippen molar-refractivity contribution in [2.24, 2.45) is 0 Å². The van der Waals surface area contributed by atoms with Crippen molar-refractivity contribution in [1.82, 2.24) is 0 Å². The standard InChI is InChI=1S/C22H26N2O3/c1-4-23(19-12-16(2)11-17(3)13-19)22(26)15-27-20-8-5-7-18(14-20)24-10-6-9-21(24)25/h5,7-8,11-14H,4,6,9-10,15H2,1-3H3. The molecular formula is C22H26N2O3. The van der Waals surface area contributed by atoms with E-state index in [2.05, 4.69) is 6.07 Å². The molecule has 0 saturated carbocycles. The normalized spacial score (nSPS) is 13.7. The molecule has 0 spiro atoms. The molecular weight excluding hydrogens is 340 g/mol. The first-order chi connectivity index (χ1) is 13.0. The van der Waals surface area contributed by atoms with Crippen LogP contribution < -0.4 is 14.5 Å². The molecule has 27 heavy (non-hydrogen) atoms. The second-order valence-electron chi connectivity index (χ2n) is 6.92. The minimum atomic E-state index is -0.0925. The molecule has 0 unspecified atom stereocenters. The van der Waals surface area contributed by atoms with Gasteiger partial charge in [-0.1, -0.05) is 12.1 Å². The van der Waals surface area contributed by atoms with Crippen molar-refractivity contribution in [2.75, 3.05) is 29.5 Å². The van der Waals surface area contributed by atoms with Gasteiger partial charge in [0.05, 0.1) is 0 Å². The third-order valence-electron chi connectivity index (χ3n) is 4.70. The number of rotatable bonds is 6. The maximum Gasteiger partial charge on any atom is 0.264 e. The molecule has 3 rings (SSSR count). The number of anilines is 2. The van der Waals surface area contributed by atoms with Crippen molar-refractivity contribution in [3.63, 3.8) is 0 Å². The lowest BCUT2D eigenvalue weighted by Crippen LogP contribution is -2.35. The average molecular weight is 366 g/mol. The van der Waals surface area contributed by atoms with Crippen molar-refractivity contribution < 1.29 is 14.3 Å². The van der Waals surface area contributed by atoms with Crippen molar-refractivity contribution in [3.8, 4) is 5.75 Å². The Morgan fingerprint density at radius 3 is 2.52 bits per heavy atom. The summed E-state index contributed by atoms with van der Waals surface area (Å²) in [6.07, 6.45) is 1.47. The van der Waals surface area contributed by atoms with Crippen molar-refractivity contribution >= 4 is 23.2 Å². The molecule has 0 aromatic heterocycles. The van der Waals surface area contributed by atoms with Gasteiger partial charge >= 0.3 is 0 Å². The Hall–Kier alpha value is -2.82. The van der Waals surface area contributed by atoms with E-state index in [4.69, 9.17) is 4.74 Å². The summed E-state index contributed by atoms with van der Waals surface area (Å²) in [5.74, 6) is 0.636. The number of aryl methyl sites for hydroxylation is 2. The van der Waals surface area contributed by atoms with Crippen LogP contribution in [0.15, 0.2) is 42.5 Å². The number of benzene rings is 2. The fraction of sp³-hybridized carbons (Fsp3) is 0.364. The molecule has 0 aliphatic carbocycles. The number of nitrogens with zero attached hydrogens (tertiary/aromatic N) is 2. The number of carbonyl (C=O) groups is 2. The number of hydrogen-bond acceptors (Lipinski definition) is 3. The van der Waals surface area contributed by atoms with E-state index in [0.717, 1.165) is 35.5 Å². The van der Waals surface area contributed by atoms with Gasteiger partial charge in [0.15, 0.2) is 6.61 Å². The molecule has 0 radical (unpaired) electrons. The van der Waals surface area contributed by atoms with Crippen LogP contribution in [0.1, 0.15) is 30.9 Å². The quantitative estimate of drug-likeness (QED) is 0.780. The number of hydrogen-bond donors (Lipinski definition) is 0. The molecule has 1 saturated heterocycles. The van der Waals surface area contributed by atoms with Crippen LogP contribution in [0, 0.1) is 13.8 Å². The molecule has 0 atom stereocenters. The molecule has 142 valence electrons. The number of carbonyl (C=O) groups excluding carboxylic acids is 2. The molecule has 1 aliphatic heterocycles. The lowest BCUT2D eigenvalue weighted by Gasteiger charge is -2.22. The van der Waals surface area contributed by atoms with E-state index in [1.54, 1.807) is 9.80 Å². The Bertz CT molecular complexity index is 827. The summed E-state index contributed by atoms with van der Waals surface area (Å²) in [4.78, 5) is 28.1.